The average molecular weight is 548 g/mol. The number of fused-ring (bicyclic) bond motifs is 2. The second-order valence-electron chi connectivity index (χ2n) is 11.0. The number of rotatable bonds is 6. The van der Waals surface area contributed by atoms with Crippen LogP contribution in [-0.2, 0) is 13.1 Å². The number of amides is 1. The molecule has 3 aromatic carbocycles. The predicted octanol–water partition coefficient (Wildman–Crippen LogP) is 5.03. The molecule has 0 N–H and O–H groups in total. The van der Waals surface area contributed by atoms with Gasteiger partial charge in [0.2, 0.25) is 6.79 Å². The number of piperazine rings is 1. The molecule has 0 spiro atoms. The lowest BCUT2D eigenvalue weighted by Crippen LogP contribution is -2.47. The van der Waals surface area contributed by atoms with Crippen LogP contribution in [0.4, 0.5) is 0 Å². The van der Waals surface area contributed by atoms with E-state index in [1.54, 1.807) is 0 Å². The molecule has 0 unspecified atom stereocenters. The molecular formula is C33H33N5O3. The molecule has 0 radical (unpaired) electrons. The molecule has 2 aliphatic heterocycles. The number of carbonyl (C=O) groups is 1. The van der Waals surface area contributed by atoms with Gasteiger partial charge in [0.1, 0.15) is 0 Å². The van der Waals surface area contributed by atoms with Crippen molar-refractivity contribution in [2.24, 2.45) is 0 Å². The van der Waals surface area contributed by atoms with E-state index in [4.69, 9.17) is 9.47 Å². The summed E-state index contributed by atoms with van der Waals surface area (Å²) in [4.78, 5) is 22.9. The minimum absolute atomic E-state index is 0.0883. The first-order valence-electron chi connectivity index (χ1n) is 14.1. The maximum absolute atomic E-state index is 14.0. The van der Waals surface area contributed by atoms with E-state index >= 15 is 0 Å². The Hall–Kier alpha value is -4.56. The Bertz CT molecular complexity index is 1740. The summed E-state index contributed by atoms with van der Waals surface area (Å²) in [5.74, 6) is 1.64. The summed E-state index contributed by atoms with van der Waals surface area (Å²) in [5, 5.41) is 2.30. The predicted molar refractivity (Wildman–Crippen MR) is 159 cm³/mol. The second kappa shape index (κ2) is 10.4. The fourth-order valence-electron chi connectivity index (χ4n) is 5.88. The molecule has 8 nitrogen and oxygen atoms in total. The third-order valence-electron chi connectivity index (χ3n) is 8.26. The lowest BCUT2D eigenvalue weighted by molar-refractivity contribution is 0.0665. The van der Waals surface area contributed by atoms with Crippen molar-refractivity contribution >= 4 is 16.7 Å². The summed E-state index contributed by atoms with van der Waals surface area (Å²) < 4.78 is 15.4. The highest BCUT2D eigenvalue weighted by Crippen LogP contribution is 2.34. The number of carbonyl (C=O) groups excluding carboxylic acids is 1. The van der Waals surface area contributed by atoms with Gasteiger partial charge >= 0.3 is 0 Å². The normalized spacial score (nSPS) is 15.1. The number of aryl methyl sites for hydroxylation is 1. The van der Waals surface area contributed by atoms with E-state index in [9.17, 15) is 4.79 Å². The van der Waals surface area contributed by atoms with Gasteiger partial charge in [-0.15, -0.1) is 0 Å². The van der Waals surface area contributed by atoms with Crippen LogP contribution >= 0.6 is 0 Å². The van der Waals surface area contributed by atoms with E-state index in [-0.39, 0.29) is 12.7 Å². The van der Waals surface area contributed by atoms with Crippen LogP contribution in [0.25, 0.3) is 21.9 Å². The molecule has 8 heteroatoms. The van der Waals surface area contributed by atoms with Gasteiger partial charge < -0.3 is 28.4 Å². The third-order valence-corrected chi connectivity index (χ3v) is 8.26. The number of aromatic nitrogens is 3. The highest BCUT2D eigenvalue weighted by molar-refractivity contribution is 6.06. The molecule has 0 atom stereocenters. The maximum atomic E-state index is 14.0. The average Bonchev–Trinajstić information content (AvgIpc) is 3.72. The SMILES string of the molecule is Cc1ncn(Cc2ccc3c(c2)OCO3)c1Cn1cc(C(=O)N2CCN(C)CC2)c(-c2cccc3ccccc23)c1. The Balaban J connectivity index is 1.25. The summed E-state index contributed by atoms with van der Waals surface area (Å²) in [7, 11) is 2.11. The highest BCUT2D eigenvalue weighted by atomic mass is 16.7. The lowest BCUT2D eigenvalue weighted by atomic mass is 9.97. The molecule has 4 heterocycles. The van der Waals surface area contributed by atoms with Gasteiger partial charge in [-0.3, -0.25) is 4.79 Å². The van der Waals surface area contributed by atoms with Gasteiger partial charge in [-0.2, -0.15) is 0 Å². The first-order valence-corrected chi connectivity index (χ1v) is 14.1. The molecule has 7 rings (SSSR count). The minimum Gasteiger partial charge on any atom is -0.454 e. The van der Waals surface area contributed by atoms with E-state index < -0.39 is 0 Å². The van der Waals surface area contributed by atoms with Crippen molar-refractivity contribution in [2.75, 3.05) is 40.0 Å². The van der Waals surface area contributed by atoms with Crippen LogP contribution in [0.2, 0.25) is 0 Å². The molecule has 0 bridgehead atoms. The number of nitrogens with zero attached hydrogens (tertiary/aromatic N) is 5. The number of ether oxygens (including phenoxy) is 2. The summed E-state index contributed by atoms with van der Waals surface area (Å²) in [6.07, 6.45) is 6.04. The standard InChI is InChI=1S/C33H33N5O3/c1-23-30(38(21-34-23)17-24-10-11-31-32(16-24)41-22-40-31)20-36-18-28(27-9-5-7-25-6-3-4-8-26(25)27)29(19-36)33(39)37-14-12-35(2)13-15-37/h3-11,16,18-19,21H,12-15,17,20,22H2,1-2H3. The van der Waals surface area contributed by atoms with Crippen molar-refractivity contribution in [3.05, 3.63) is 102 Å². The Morgan fingerprint density at radius 2 is 1.68 bits per heavy atom. The van der Waals surface area contributed by atoms with Gasteiger partial charge in [-0.1, -0.05) is 48.5 Å². The van der Waals surface area contributed by atoms with Crippen LogP contribution in [-0.4, -0.2) is 69.8 Å². The van der Waals surface area contributed by atoms with E-state index in [2.05, 4.69) is 80.8 Å². The Morgan fingerprint density at radius 3 is 2.56 bits per heavy atom. The smallest absolute Gasteiger partial charge is 0.256 e. The van der Waals surface area contributed by atoms with E-state index in [0.29, 0.717) is 13.1 Å². The molecule has 0 saturated carbocycles. The molecule has 2 aliphatic rings. The largest absolute Gasteiger partial charge is 0.454 e. The van der Waals surface area contributed by atoms with E-state index in [1.807, 2.05) is 36.5 Å². The first-order chi connectivity index (χ1) is 20.0. The van der Waals surface area contributed by atoms with Crippen molar-refractivity contribution < 1.29 is 14.3 Å². The molecule has 1 fully saturated rings. The quantitative estimate of drug-likeness (QED) is 0.299. The number of likely N-dealkylation sites (N-methyl/N-ethyl adjacent to an activating group) is 1. The summed E-state index contributed by atoms with van der Waals surface area (Å²) in [6.45, 7) is 6.80. The minimum atomic E-state index is 0.0883. The van der Waals surface area contributed by atoms with Gasteiger partial charge in [-0.25, -0.2) is 4.98 Å². The molecule has 1 amide bonds. The van der Waals surface area contributed by atoms with Crippen LogP contribution in [0.15, 0.2) is 79.4 Å². The van der Waals surface area contributed by atoms with E-state index in [0.717, 1.165) is 82.1 Å². The lowest BCUT2D eigenvalue weighted by Gasteiger charge is -2.32. The zero-order chi connectivity index (χ0) is 27.9. The van der Waals surface area contributed by atoms with Gasteiger partial charge in [0.25, 0.3) is 5.91 Å². The summed E-state index contributed by atoms with van der Waals surface area (Å²) >= 11 is 0. The number of benzene rings is 3. The summed E-state index contributed by atoms with van der Waals surface area (Å²) in [6, 6.07) is 20.7. The van der Waals surface area contributed by atoms with E-state index in [1.165, 1.54) is 0 Å². The van der Waals surface area contributed by atoms with Gasteiger partial charge in [0, 0.05) is 50.7 Å². The molecule has 0 aliphatic carbocycles. The van der Waals surface area contributed by atoms with Crippen molar-refractivity contribution in [3.63, 3.8) is 0 Å². The van der Waals surface area contributed by atoms with Crippen molar-refractivity contribution in [1.82, 2.24) is 23.9 Å². The monoisotopic (exact) mass is 547 g/mol. The fraction of sp³-hybridized carbons (Fsp3) is 0.273. The van der Waals surface area contributed by atoms with Crippen molar-refractivity contribution in [2.45, 2.75) is 20.0 Å². The molecule has 41 heavy (non-hydrogen) atoms. The molecule has 1 saturated heterocycles. The van der Waals surface area contributed by atoms with Crippen LogP contribution < -0.4 is 9.47 Å². The van der Waals surface area contributed by atoms with Crippen LogP contribution in [0.1, 0.15) is 27.3 Å². The number of imidazole rings is 1. The van der Waals surface area contributed by atoms with Gasteiger partial charge in [0.15, 0.2) is 11.5 Å². The molecular weight excluding hydrogens is 514 g/mol. The maximum Gasteiger partial charge on any atom is 0.256 e. The topological polar surface area (TPSA) is 64.8 Å². The van der Waals surface area contributed by atoms with Gasteiger partial charge in [-0.05, 0) is 48.0 Å². The number of hydrogen-bond acceptors (Lipinski definition) is 5. The zero-order valence-corrected chi connectivity index (χ0v) is 23.4. The zero-order valence-electron chi connectivity index (χ0n) is 23.4. The second-order valence-corrected chi connectivity index (χ2v) is 11.0. The molecule has 5 aromatic rings. The number of hydrogen-bond donors (Lipinski definition) is 0. The van der Waals surface area contributed by atoms with Crippen LogP contribution in [0.3, 0.4) is 0 Å². The van der Waals surface area contributed by atoms with Crippen molar-refractivity contribution in [1.29, 1.82) is 0 Å². The van der Waals surface area contributed by atoms with Gasteiger partial charge in [0.05, 0.1) is 29.8 Å². The Kier molecular flexibility index (Phi) is 6.47. The molecule has 208 valence electrons. The third kappa shape index (κ3) is 4.85. The first kappa shape index (κ1) is 25.4. The summed E-state index contributed by atoms with van der Waals surface area (Å²) in [5.41, 5.74) is 5.96. The Labute approximate surface area is 239 Å². The molecule has 2 aromatic heterocycles. The highest BCUT2D eigenvalue weighted by Gasteiger charge is 2.25. The van der Waals surface area contributed by atoms with Crippen LogP contribution in [0.5, 0.6) is 11.5 Å². The Morgan fingerprint density at radius 1 is 0.878 bits per heavy atom. The fourth-order valence-corrected chi connectivity index (χ4v) is 5.88. The van der Waals surface area contributed by atoms with Crippen LogP contribution in [0, 0.1) is 6.92 Å². The van der Waals surface area contributed by atoms with Crippen molar-refractivity contribution in [3.8, 4) is 22.6 Å².